The quantitative estimate of drug-likeness (QED) is 0.231. The molecule has 4 rings (SSSR count). The molecule has 0 aliphatic carbocycles. The lowest BCUT2D eigenvalue weighted by atomic mass is 9.99. The number of amides is 2. The monoisotopic (exact) mass is 576 g/mol. The van der Waals surface area contributed by atoms with Crippen molar-refractivity contribution in [2.75, 3.05) is 20.6 Å². The number of halogens is 2. The number of rotatable bonds is 12. The number of aliphatic hydroxyl groups excluding tert-OH is 1. The summed E-state index contributed by atoms with van der Waals surface area (Å²) in [5.74, 6) is -2.22. The summed E-state index contributed by atoms with van der Waals surface area (Å²) < 4.78 is 33.3. The Morgan fingerprint density at radius 3 is 2.36 bits per heavy atom. The molecule has 0 unspecified atom stereocenters. The van der Waals surface area contributed by atoms with Crippen LogP contribution in [0.3, 0.4) is 0 Å². The summed E-state index contributed by atoms with van der Waals surface area (Å²) in [5, 5.41) is 17.2. The van der Waals surface area contributed by atoms with Gasteiger partial charge in [0.25, 0.3) is 11.8 Å². The van der Waals surface area contributed by atoms with Gasteiger partial charge in [-0.1, -0.05) is 31.2 Å². The van der Waals surface area contributed by atoms with Crippen molar-refractivity contribution in [3.63, 3.8) is 0 Å². The van der Waals surface area contributed by atoms with E-state index in [4.69, 9.17) is 4.42 Å². The van der Waals surface area contributed by atoms with Gasteiger partial charge in [0.05, 0.1) is 18.3 Å². The summed E-state index contributed by atoms with van der Waals surface area (Å²) in [6.07, 6.45) is 2.56. The van der Waals surface area contributed by atoms with Gasteiger partial charge in [-0.25, -0.2) is 13.8 Å². The minimum absolute atomic E-state index is 0.0441. The van der Waals surface area contributed by atoms with Crippen LogP contribution in [0.2, 0.25) is 0 Å². The number of aliphatic hydroxyl groups is 1. The van der Waals surface area contributed by atoms with Crippen LogP contribution in [-0.2, 0) is 19.4 Å². The zero-order chi connectivity index (χ0) is 30.2. The van der Waals surface area contributed by atoms with Crippen LogP contribution in [0.15, 0.2) is 77.5 Å². The van der Waals surface area contributed by atoms with Gasteiger partial charge in [-0.2, -0.15) is 0 Å². The van der Waals surface area contributed by atoms with E-state index in [0.29, 0.717) is 12.1 Å². The van der Waals surface area contributed by atoms with Crippen LogP contribution < -0.4 is 10.6 Å². The first kappa shape index (κ1) is 30.5. The van der Waals surface area contributed by atoms with Crippen LogP contribution in [0.1, 0.15) is 44.3 Å². The molecule has 220 valence electrons. The number of benzene rings is 3. The molecule has 1 heterocycles. The first-order valence-electron chi connectivity index (χ1n) is 13.6. The summed E-state index contributed by atoms with van der Waals surface area (Å²) in [6, 6.07) is 14.7. The maximum atomic E-state index is 14.0. The Hall–Kier alpha value is -4.41. The Morgan fingerprint density at radius 2 is 1.69 bits per heavy atom. The normalized spacial score (nSPS) is 12.5. The topological polar surface area (TPSA) is 108 Å². The molecule has 10 heteroatoms. The van der Waals surface area contributed by atoms with Gasteiger partial charge in [-0.15, -0.1) is 0 Å². The van der Waals surface area contributed by atoms with Crippen LogP contribution >= 0.6 is 0 Å². The minimum Gasteiger partial charge on any atom is -0.445 e. The number of aromatic nitrogens is 1. The summed E-state index contributed by atoms with van der Waals surface area (Å²) >= 11 is 0. The summed E-state index contributed by atoms with van der Waals surface area (Å²) in [4.78, 5) is 31.8. The summed E-state index contributed by atoms with van der Waals surface area (Å²) in [5.41, 5.74) is 3.27. The highest BCUT2D eigenvalue weighted by molar-refractivity contribution is 6.01. The van der Waals surface area contributed by atoms with Crippen LogP contribution in [0, 0.1) is 11.6 Å². The number of carbonyl (C=O) groups is 2. The van der Waals surface area contributed by atoms with Gasteiger partial charge in [0.15, 0.2) is 0 Å². The number of aryl methyl sites for hydroxylation is 1. The average molecular weight is 577 g/mol. The van der Waals surface area contributed by atoms with Gasteiger partial charge in [-0.05, 0) is 59.9 Å². The van der Waals surface area contributed by atoms with E-state index in [-0.39, 0.29) is 41.5 Å². The number of nitrogens with one attached hydrogen (secondary N) is 2. The van der Waals surface area contributed by atoms with Crippen LogP contribution in [0.5, 0.6) is 0 Å². The molecule has 2 atom stereocenters. The molecule has 3 aromatic carbocycles. The molecule has 0 aliphatic heterocycles. The molecular weight excluding hydrogens is 542 g/mol. The Balaban J connectivity index is 1.58. The Morgan fingerprint density at radius 1 is 0.976 bits per heavy atom. The Labute approximate surface area is 243 Å². The second kappa shape index (κ2) is 14.0. The molecular formula is C32H34F2N4O4. The van der Waals surface area contributed by atoms with Crippen molar-refractivity contribution in [2.24, 2.45) is 0 Å². The minimum atomic E-state index is -1.12. The number of carbonyl (C=O) groups excluding carboxylic acids is 2. The predicted molar refractivity (Wildman–Crippen MR) is 155 cm³/mol. The number of hydrogen-bond donors (Lipinski definition) is 3. The van der Waals surface area contributed by atoms with Crippen molar-refractivity contribution in [1.29, 1.82) is 0 Å². The standard InChI is InChI=1S/C32H34F2N4O4/c1-4-20-6-5-7-21(10-20)18-35-19-29(39)28(13-22-11-26(33)17-27(34)12-22)37-30(40)23-14-24(31-36-8-9-42-31)16-25(15-23)32(41)38(2)3/h5-12,14-17,28-29,35,39H,4,13,18-19H2,1-3H3,(H,37,40)/t28-,29+/m0/s1. The van der Waals surface area contributed by atoms with Crippen molar-refractivity contribution in [1.82, 2.24) is 20.5 Å². The largest absolute Gasteiger partial charge is 0.445 e. The van der Waals surface area contributed by atoms with E-state index in [0.717, 1.165) is 30.2 Å². The number of oxazole rings is 1. The molecule has 2 amide bonds. The fourth-order valence-electron chi connectivity index (χ4n) is 4.61. The van der Waals surface area contributed by atoms with Crippen LogP contribution in [0.25, 0.3) is 11.5 Å². The molecule has 0 radical (unpaired) electrons. The van der Waals surface area contributed by atoms with Gasteiger partial charge in [-0.3, -0.25) is 9.59 Å². The van der Waals surface area contributed by atoms with E-state index in [1.165, 1.54) is 35.1 Å². The van der Waals surface area contributed by atoms with Crippen molar-refractivity contribution < 1.29 is 27.9 Å². The third kappa shape index (κ3) is 8.08. The van der Waals surface area contributed by atoms with E-state index in [9.17, 15) is 23.5 Å². The van der Waals surface area contributed by atoms with Crippen LogP contribution in [-0.4, -0.2) is 59.6 Å². The molecule has 0 bridgehead atoms. The second-order valence-corrected chi connectivity index (χ2v) is 10.3. The molecule has 0 spiro atoms. The highest BCUT2D eigenvalue weighted by Crippen LogP contribution is 2.22. The fourth-order valence-corrected chi connectivity index (χ4v) is 4.61. The van der Waals surface area contributed by atoms with Gasteiger partial charge >= 0.3 is 0 Å². The number of hydrogen-bond acceptors (Lipinski definition) is 6. The zero-order valence-electron chi connectivity index (χ0n) is 23.7. The molecule has 8 nitrogen and oxygen atoms in total. The molecule has 42 heavy (non-hydrogen) atoms. The van der Waals surface area contributed by atoms with Crippen molar-refractivity contribution in [3.05, 3.63) is 113 Å². The molecule has 1 aromatic heterocycles. The third-order valence-corrected chi connectivity index (χ3v) is 6.77. The van der Waals surface area contributed by atoms with E-state index in [2.05, 4.69) is 28.6 Å². The molecule has 4 aromatic rings. The van der Waals surface area contributed by atoms with Crippen molar-refractivity contribution in [3.8, 4) is 11.5 Å². The number of nitrogens with zero attached hydrogens (tertiary/aromatic N) is 2. The third-order valence-electron chi connectivity index (χ3n) is 6.77. The average Bonchev–Trinajstić information content (AvgIpc) is 3.51. The smallest absolute Gasteiger partial charge is 0.253 e. The van der Waals surface area contributed by atoms with Crippen LogP contribution in [0.4, 0.5) is 8.78 Å². The van der Waals surface area contributed by atoms with E-state index in [1.54, 1.807) is 20.2 Å². The predicted octanol–water partition coefficient (Wildman–Crippen LogP) is 4.38. The van der Waals surface area contributed by atoms with Crippen molar-refractivity contribution >= 4 is 11.8 Å². The molecule has 3 N–H and O–H groups in total. The van der Waals surface area contributed by atoms with Gasteiger partial charge < -0.3 is 25.1 Å². The maximum absolute atomic E-state index is 14.0. The van der Waals surface area contributed by atoms with Crippen molar-refractivity contribution in [2.45, 2.75) is 38.5 Å². The zero-order valence-corrected chi connectivity index (χ0v) is 23.7. The SMILES string of the molecule is CCc1cccc(CNC[C@@H](O)[C@H](Cc2cc(F)cc(F)c2)NC(=O)c2cc(C(=O)N(C)C)cc(-c3ncco3)c2)c1. The Kier molecular flexibility index (Phi) is 10.2. The van der Waals surface area contributed by atoms with E-state index in [1.807, 2.05) is 18.2 Å². The second-order valence-electron chi connectivity index (χ2n) is 10.3. The maximum Gasteiger partial charge on any atom is 0.253 e. The summed E-state index contributed by atoms with van der Waals surface area (Å²) in [7, 11) is 3.19. The first-order chi connectivity index (χ1) is 20.1. The van der Waals surface area contributed by atoms with E-state index >= 15 is 0 Å². The molecule has 0 fully saturated rings. The lowest BCUT2D eigenvalue weighted by molar-refractivity contribution is 0.0826. The molecule has 0 saturated carbocycles. The first-order valence-corrected chi connectivity index (χ1v) is 13.6. The van der Waals surface area contributed by atoms with Gasteiger partial charge in [0.1, 0.15) is 17.9 Å². The van der Waals surface area contributed by atoms with Gasteiger partial charge in [0, 0.05) is 49.9 Å². The fraction of sp³-hybridized carbons (Fsp3) is 0.281. The summed E-state index contributed by atoms with van der Waals surface area (Å²) in [6.45, 7) is 2.65. The lowest BCUT2D eigenvalue weighted by Crippen LogP contribution is -2.48. The highest BCUT2D eigenvalue weighted by Gasteiger charge is 2.24. The van der Waals surface area contributed by atoms with Gasteiger partial charge in [0.2, 0.25) is 5.89 Å². The lowest BCUT2D eigenvalue weighted by Gasteiger charge is -2.25. The Bertz CT molecular complexity index is 1500. The molecule has 0 aliphatic rings. The highest BCUT2D eigenvalue weighted by atomic mass is 19.1. The van der Waals surface area contributed by atoms with E-state index < -0.39 is 29.7 Å². The molecule has 0 saturated heterocycles.